The van der Waals surface area contributed by atoms with Crippen molar-refractivity contribution >= 4 is 16.9 Å². The number of carboxylic acid groups (broad SMARTS) is 1. The topological polar surface area (TPSA) is 88.6 Å². The van der Waals surface area contributed by atoms with Crippen LogP contribution in [-0.4, -0.2) is 30.3 Å². The second kappa shape index (κ2) is 4.64. The lowest BCUT2D eigenvalue weighted by atomic mass is 10.0. The summed E-state index contributed by atoms with van der Waals surface area (Å²) in [5.74, 6) is -0.315. The predicted octanol–water partition coefficient (Wildman–Crippen LogP) is 1.55. The molecule has 2 rings (SSSR count). The first-order valence-electron chi connectivity index (χ1n) is 5.51. The molecule has 0 aliphatic rings. The summed E-state index contributed by atoms with van der Waals surface area (Å²) in [5, 5.41) is 9.66. The quantitative estimate of drug-likeness (QED) is 0.877. The molecule has 0 spiro atoms. The van der Waals surface area contributed by atoms with Gasteiger partial charge in [-0.1, -0.05) is 0 Å². The fraction of sp³-hybridized carbons (Fsp3) is 0.231. The second-order valence-corrected chi connectivity index (χ2v) is 4.01. The number of hydrogen-bond acceptors (Lipinski definition) is 4. The van der Waals surface area contributed by atoms with Gasteiger partial charge in [0.1, 0.15) is 5.56 Å². The van der Waals surface area contributed by atoms with E-state index in [1.807, 2.05) is 0 Å². The Morgan fingerprint density at radius 3 is 2.32 bits per heavy atom. The van der Waals surface area contributed by atoms with E-state index in [4.69, 9.17) is 14.6 Å². The van der Waals surface area contributed by atoms with Gasteiger partial charge in [0.25, 0.3) is 5.56 Å². The van der Waals surface area contributed by atoms with E-state index in [1.165, 1.54) is 14.2 Å². The molecule has 0 aliphatic carbocycles. The van der Waals surface area contributed by atoms with Crippen LogP contribution in [0.15, 0.2) is 16.9 Å². The average Bonchev–Trinajstić information content (AvgIpc) is 2.36. The summed E-state index contributed by atoms with van der Waals surface area (Å²) in [5.41, 5.74) is 0.00166. The zero-order valence-electron chi connectivity index (χ0n) is 10.7. The molecule has 0 radical (unpaired) electrons. The monoisotopic (exact) mass is 263 g/mol. The summed E-state index contributed by atoms with van der Waals surface area (Å²) >= 11 is 0. The lowest BCUT2D eigenvalue weighted by molar-refractivity contribution is 0.0694. The molecule has 6 nitrogen and oxygen atoms in total. The number of fused-ring (bicyclic) bond motifs is 1. The van der Waals surface area contributed by atoms with Gasteiger partial charge in [0, 0.05) is 11.5 Å². The Balaban J connectivity index is 2.90. The van der Waals surface area contributed by atoms with Crippen molar-refractivity contribution in [2.24, 2.45) is 0 Å². The van der Waals surface area contributed by atoms with Crippen molar-refractivity contribution in [3.8, 4) is 11.5 Å². The molecule has 1 aromatic carbocycles. The number of aromatic nitrogens is 1. The first-order chi connectivity index (χ1) is 8.99. The zero-order valence-corrected chi connectivity index (χ0v) is 10.7. The number of methoxy groups -OCH3 is 2. The number of aromatic amines is 1. The maximum atomic E-state index is 11.7. The van der Waals surface area contributed by atoms with E-state index in [0.29, 0.717) is 28.0 Å². The van der Waals surface area contributed by atoms with Crippen molar-refractivity contribution < 1.29 is 19.4 Å². The molecule has 2 aromatic rings. The van der Waals surface area contributed by atoms with Crippen molar-refractivity contribution in [2.45, 2.75) is 6.92 Å². The molecule has 0 fully saturated rings. The van der Waals surface area contributed by atoms with E-state index in [1.54, 1.807) is 19.1 Å². The van der Waals surface area contributed by atoms with Crippen LogP contribution in [0.25, 0.3) is 10.9 Å². The van der Waals surface area contributed by atoms with Crippen molar-refractivity contribution in [1.82, 2.24) is 4.98 Å². The fourth-order valence-corrected chi connectivity index (χ4v) is 2.04. The number of rotatable bonds is 3. The summed E-state index contributed by atoms with van der Waals surface area (Å²) in [7, 11) is 2.98. The Hall–Kier alpha value is -2.50. The number of nitrogens with one attached hydrogen (secondary N) is 1. The van der Waals surface area contributed by atoms with Gasteiger partial charge in [0.15, 0.2) is 11.5 Å². The first-order valence-corrected chi connectivity index (χ1v) is 5.51. The van der Waals surface area contributed by atoms with Gasteiger partial charge < -0.3 is 19.6 Å². The highest BCUT2D eigenvalue weighted by Crippen LogP contribution is 2.32. The van der Waals surface area contributed by atoms with Gasteiger partial charge in [-0.25, -0.2) is 4.79 Å². The molecule has 0 unspecified atom stereocenters. The first kappa shape index (κ1) is 12.9. The van der Waals surface area contributed by atoms with Crippen LogP contribution >= 0.6 is 0 Å². The van der Waals surface area contributed by atoms with Crippen LogP contribution in [0.3, 0.4) is 0 Å². The Morgan fingerprint density at radius 1 is 1.21 bits per heavy atom. The molecule has 1 aromatic heterocycles. The van der Waals surface area contributed by atoms with E-state index in [2.05, 4.69) is 4.98 Å². The van der Waals surface area contributed by atoms with E-state index in [-0.39, 0.29) is 5.56 Å². The Morgan fingerprint density at radius 2 is 1.79 bits per heavy atom. The number of H-pyrrole nitrogens is 1. The lowest BCUT2D eigenvalue weighted by Gasteiger charge is -2.11. The Kier molecular flexibility index (Phi) is 3.16. The summed E-state index contributed by atoms with van der Waals surface area (Å²) in [4.78, 5) is 25.4. The molecule has 0 saturated carbocycles. The fourth-order valence-electron chi connectivity index (χ4n) is 2.04. The van der Waals surface area contributed by atoms with Crippen molar-refractivity contribution in [3.05, 3.63) is 33.6 Å². The third-order valence-electron chi connectivity index (χ3n) is 2.99. The van der Waals surface area contributed by atoms with Crippen molar-refractivity contribution in [1.29, 1.82) is 0 Å². The van der Waals surface area contributed by atoms with Crippen molar-refractivity contribution in [3.63, 3.8) is 0 Å². The zero-order chi connectivity index (χ0) is 14.2. The Bertz CT molecular complexity index is 717. The number of hydrogen-bond donors (Lipinski definition) is 2. The number of aryl methyl sites for hydroxylation is 1. The molecule has 0 amide bonds. The highest BCUT2D eigenvalue weighted by Gasteiger charge is 2.17. The van der Waals surface area contributed by atoms with Crippen LogP contribution < -0.4 is 15.0 Å². The minimum absolute atomic E-state index is 0.264. The number of carbonyl (C=O) groups is 1. The summed E-state index contributed by atoms with van der Waals surface area (Å²) in [6.45, 7) is 1.59. The van der Waals surface area contributed by atoms with Gasteiger partial charge in [-0.2, -0.15) is 0 Å². The van der Waals surface area contributed by atoms with Crippen LogP contribution in [0.5, 0.6) is 11.5 Å². The molecule has 2 N–H and O–H groups in total. The van der Waals surface area contributed by atoms with Gasteiger partial charge in [-0.05, 0) is 18.6 Å². The predicted molar refractivity (Wildman–Crippen MR) is 69.4 cm³/mol. The highest BCUT2D eigenvalue weighted by molar-refractivity contribution is 5.96. The summed E-state index contributed by atoms with van der Waals surface area (Å²) < 4.78 is 10.3. The van der Waals surface area contributed by atoms with Crippen LogP contribution in [0.1, 0.15) is 15.9 Å². The lowest BCUT2D eigenvalue weighted by Crippen LogP contribution is -2.19. The van der Waals surface area contributed by atoms with Crippen LogP contribution in [0.2, 0.25) is 0 Å². The molecular weight excluding hydrogens is 250 g/mol. The molecular formula is C13H13NO5. The molecule has 0 aliphatic heterocycles. The van der Waals surface area contributed by atoms with E-state index < -0.39 is 11.5 Å². The van der Waals surface area contributed by atoms with E-state index >= 15 is 0 Å². The molecule has 100 valence electrons. The molecule has 0 atom stereocenters. The van der Waals surface area contributed by atoms with Crippen molar-refractivity contribution in [2.75, 3.05) is 14.2 Å². The summed E-state index contributed by atoms with van der Waals surface area (Å²) in [6.07, 6.45) is 0. The van der Waals surface area contributed by atoms with Gasteiger partial charge in [0.2, 0.25) is 0 Å². The maximum Gasteiger partial charge on any atom is 0.341 e. The van der Waals surface area contributed by atoms with Crippen LogP contribution in [0.4, 0.5) is 0 Å². The highest BCUT2D eigenvalue weighted by atomic mass is 16.5. The third-order valence-corrected chi connectivity index (χ3v) is 2.99. The second-order valence-electron chi connectivity index (χ2n) is 4.01. The summed E-state index contributed by atoms with van der Waals surface area (Å²) in [6, 6.07) is 3.25. The Labute approximate surface area is 108 Å². The maximum absolute atomic E-state index is 11.7. The third kappa shape index (κ3) is 2.01. The largest absolute Gasteiger partial charge is 0.493 e. The molecule has 6 heteroatoms. The minimum Gasteiger partial charge on any atom is -0.493 e. The smallest absolute Gasteiger partial charge is 0.341 e. The van der Waals surface area contributed by atoms with Crippen LogP contribution in [0, 0.1) is 6.92 Å². The van der Waals surface area contributed by atoms with Gasteiger partial charge in [0.05, 0.1) is 19.7 Å². The molecule has 19 heavy (non-hydrogen) atoms. The standard InChI is InChI=1S/C13H13NO5/c1-6-7-4-9(18-2)10(19-3)5-8(7)14-12(15)11(6)13(16)17/h4-5H,1-3H3,(H,14,15)(H,16,17). The molecule has 0 bridgehead atoms. The van der Waals surface area contributed by atoms with Crippen LogP contribution in [-0.2, 0) is 0 Å². The number of benzene rings is 1. The van der Waals surface area contributed by atoms with E-state index in [0.717, 1.165) is 0 Å². The van der Waals surface area contributed by atoms with E-state index in [9.17, 15) is 9.59 Å². The van der Waals surface area contributed by atoms with Gasteiger partial charge in [-0.3, -0.25) is 4.79 Å². The van der Waals surface area contributed by atoms with Gasteiger partial charge in [-0.15, -0.1) is 0 Å². The molecule has 0 saturated heterocycles. The number of pyridine rings is 1. The van der Waals surface area contributed by atoms with Gasteiger partial charge >= 0.3 is 5.97 Å². The number of aromatic carboxylic acids is 1. The minimum atomic E-state index is -1.25. The normalized spacial score (nSPS) is 10.5. The number of ether oxygens (including phenoxy) is 2. The SMILES string of the molecule is COc1cc2[nH]c(=O)c(C(=O)O)c(C)c2cc1OC. The number of carboxylic acids is 1. The average molecular weight is 263 g/mol. The molecule has 1 heterocycles.